The van der Waals surface area contributed by atoms with Gasteiger partial charge in [0.25, 0.3) is 0 Å². The Morgan fingerprint density at radius 2 is 0.364 bits per heavy atom. The van der Waals surface area contributed by atoms with E-state index in [1.165, 1.54) is 43.8 Å². The van der Waals surface area contributed by atoms with E-state index in [2.05, 4.69) is 326 Å². The van der Waals surface area contributed by atoms with E-state index in [0.29, 0.717) is 31.0 Å². The van der Waals surface area contributed by atoms with Gasteiger partial charge in [-0.15, -0.1) is 0 Å². The molecule has 4 aromatic rings. The predicted molar refractivity (Wildman–Crippen MR) is 443 cm³/mol. The molecule has 88 heavy (non-hydrogen) atoms. The number of hydrogen-bond donors (Lipinski definition) is 0. The molecule has 0 radical (unpaired) electrons. The average molecular weight is 1430 g/mol. The molecule has 0 N–H and O–H groups in total. The molecule has 2 nitrogen and oxygen atoms in total. The summed E-state index contributed by atoms with van der Waals surface area (Å²) in [5, 5.41) is 9.21. The Hall–Kier alpha value is -0.164. The summed E-state index contributed by atoms with van der Waals surface area (Å²) in [5.74, 6) is 0. The summed E-state index contributed by atoms with van der Waals surface area (Å²) in [6.07, 6.45) is 0. The van der Waals surface area contributed by atoms with Crippen molar-refractivity contribution in [2.24, 2.45) is 0 Å². The first-order valence-corrected chi connectivity index (χ1v) is 81.2. The van der Waals surface area contributed by atoms with Gasteiger partial charge < -0.3 is 8.23 Å². The molecule has 496 valence electrons. The average Bonchev–Trinajstić information content (AvgIpc) is 3.15. The van der Waals surface area contributed by atoms with Crippen LogP contribution in [0.15, 0.2) is 48.5 Å². The van der Waals surface area contributed by atoms with Crippen molar-refractivity contribution in [2.75, 3.05) is 0 Å². The molecule has 0 spiro atoms. The molecule has 0 atom stereocenters. The summed E-state index contributed by atoms with van der Waals surface area (Å²) in [4.78, 5) is 0. The van der Waals surface area contributed by atoms with Crippen LogP contribution in [0.1, 0.15) is 97.7 Å². The molecule has 0 aliphatic carbocycles. The second-order valence-electron chi connectivity index (χ2n) is 42.1. The fourth-order valence-electron chi connectivity index (χ4n) is 21.4. The quantitative estimate of drug-likeness (QED) is 0.0730. The monoisotopic (exact) mass is 1430 g/mol. The van der Waals surface area contributed by atoms with Crippen molar-refractivity contribution in [1.29, 1.82) is 0 Å². The molecule has 1 heterocycles. The lowest BCUT2D eigenvalue weighted by Crippen LogP contribution is -2.91. The summed E-state index contributed by atoms with van der Waals surface area (Å²) in [6, 6.07) is 22.0. The van der Waals surface area contributed by atoms with Crippen LogP contribution in [0.3, 0.4) is 0 Å². The molecular weight excluding hydrogens is 1290 g/mol. The molecule has 1 aliphatic rings. The number of hydrogen-bond acceptors (Lipinski definition) is 2. The van der Waals surface area contributed by atoms with E-state index in [-0.39, 0.29) is 0 Å². The molecular formula is C72H140O2Si14. The van der Waals surface area contributed by atoms with Gasteiger partial charge >= 0.3 is 17.1 Å². The molecule has 16 heteroatoms. The zero-order valence-corrected chi connectivity index (χ0v) is 79.9. The van der Waals surface area contributed by atoms with Crippen molar-refractivity contribution in [3.63, 3.8) is 0 Å². The predicted octanol–water partition coefficient (Wildman–Crippen LogP) is 21.4. The van der Waals surface area contributed by atoms with Crippen LogP contribution in [0.2, 0.25) is 236 Å². The first kappa shape index (κ1) is 78.5. The standard InChI is InChI=1S/C72H140O2Si14/c1-51-43-53(3)63(54(4)44-51)87(65-59(69(79(19,20)21)80(22,23)24)47-57(67(75(7,8)9)76(10,11)12)48-60(65)70(81(25,26)27)82(28,29)30)73-88(74-87,64-55(5)45-52(2)46-56(64)6)66-61(71(83(31,32)33)84(34,35)36)49-58(68(77(13,14)15)78(16,17)18)50-62(66)72(85(37,38)39)86(40,41)42/h43-50,67-72H,1-42H3. The normalized spacial score (nSPS) is 18.7. The van der Waals surface area contributed by atoms with E-state index in [0.717, 1.165) is 0 Å². The molecule has 5 rings (SSSR count). The summed E-state index contributed by atoms with van der Waals surface area (Å²) in [5.41, 5.74) is 18.3. The van der Waals surface area contributed by atoms with Crippen LogP contribution in [-0.4, -0.2) is 114 Å². The highest BCUT2D eigenvalue weighted by atomic mass is 28.5. The fraction of sp³-hybridized carbons (Fsp3) is 0.667. The third-order valence-electron chi connectivity index (χ3n) is 20.0. The molecule has 0 unspecified atom stereocenters. The van der Waals surface area contributed by atoms with Crippen LogP contribution < -0.4 is 20.7 Å². The van der Waals surface area contributed by atoms with Gasteiger partial charge in [-0.2, -0.15) is 0 Å². The van der Waals surface area contributed by atoms with Gasteiger partial charge in [0.15, 0.2) is 0 Å². The molecule has 0 amide bonds. The maximum Gasteiger partial charge on any atom is 0.391 e. The SMILES string of the molecule is Cc1cc(C)c([Si]2(c3c(C([Si](C)(C)C)[Si](C)(C)C)cc(C([Si](C)(C)C)[Si](C)(C)C)cc3C([Si](C)(C)C)[Si](C)(C)C)O[Si](c3c(C)cc(C)cc3C)(c3c(C([Si](C)(C)C)[Si](C)(C)C)cc(C([Si](C)(C)C)[Si](C)(C)C)cc3C([Si](C)(C)C)[Si](C)(C)C)O2)c(C)c1. The minimum atomic E-state index is -3.81. The van der Waals surface area contributed by atoms with Crippen molar-refractivity contribution in [2.45, 2.75) is 308 Å². The van der Waals surface area contributed by atoms with Crippen molar-refractivity contribution in [3.05, 3.63) is 115 Å². The van der Waals surface area contributed by atoms with Gasteiger partial charge in [0.1, 0.15) is 0 Å². The molecule has 0 saturated carbocycles. The van der Waals surface area contributed by atoms with Gasteiger partial charge in [-0.05, 0) is 128 Å². The van der Waals surface area contributed by atoms with Crippen molar-refractivity contribution < 1.29 is 8.23 Å². The molecule has 0 aromatic heterocycles. The second kappa shape index (κ2) is 25.0. The largest absolute Gasteiger partial charge is 0.402 e. The zero-order valence-electron chi connectivity index (χ0n) is 65.9. The van der Waals surface area contributed by atoms with Gasteiger partial charge in [-0.25, -0.2) is 0 Å². The third-order valence-corrected chi connectivity index (χ3v) is 85.7. The van der Waals surface area contributed by atoms with Crippen LogP contribution in [0, 0.1) is 41.5 Å². The highest BCUT2D eigenvalue weighted by molar-refractivity contribution is 7.17. The van der Waals surface area contributed by atoms with Crippen LogP contribution in [0.4, 0.5) is 0 Å². The number of rotatable bonds is 22. The van der Waals surface area contributed by atoms with E-state index < -0.39 is 114 Å². The Morgan fingerprint density at radius 1 is 0.216 bits per heavy atom. The van der Waals surface area contributed by atoms with E-state index in [1.807, 2.05) is 0 Å². The molecule has 1 fully saturated rings. The van der Waals surface area contributed by atoms with Crippen molar-refractivity contribution in [1.82, 2.24) is 0 Å². The van der Waals surface area contributed by atoms with E-state index in [9.17, 15) is 8.23 Å². The first-order chi connectivity index (χ1) is 38.7. The second-order valence-corrected chi connectivity index (χ2v) is 115. The summed E-state index contributed by atoms with van der Waals surface area (Å²) in [7, 11) is -30.9. The lowest BCUT2D eigenvalue weighted by atomic mass is 10.1. The Labute approximate surface area is 561 Å². The molecule has 1 saturated heterocycles. The zero-order chi connectivity index (χ0) is 68.8. The van der Waals surface area contributed by atoms with Gasteiger partial charge in [0, 0.05) is 118 Å². The summed E-state index contributed by atoms with van der Waals surface area (Å²) < 4.78 is 19.6. The fourth-order valence-corrected chi connectivity index (χ4v) is 111. The van der Waals surface area contributed by atoms with Crippen LogP contribution >= 0.6 is 0 Å². The molecule has 0 bridgehead atoms. The van der Waals surface area contributed by atoms with E-state index >= 15 is 0 Å². The number of aryl methyl sites for hydroxylation is 6. The minimum absolute atomic E-state index is 0.487. The van der Waals surface area contributed by atoms with Crippen LogP contribution in [0.25, 0.3) is 0 Å². The summed E-state index contributed by atoms with van der Waals surface area (Å²) >= 11 is 0. The molecule has 1 aliphatic heterocycles. The van der Waals surface area contributed by atoms with Gasteiger partial charge in [0.05, 0.1) is 0 Å². The topological polar surface area (TPSA) is 18.5 Å². The third kappa shape index (κ3) is 16.1. The number of benzene rings is 4. The van der Waals surface area contributed by atoms with Gasteiger partial charge in [-0.1, -0.05) is 295 Å². The lowest BCUT2D eigenvalue weighted by molar-refractivity contribution is 0.266. The van der Waals surface area contributed by atoms with Gasteiger partial charge in [-0.3, -0.25) is 0 Å². The smallest absolute Gasteiger partial charge is 0.391 e. The van der Waals surface area contributed by atoms with Crippen molar-refractivity contribution >= 4 is 135 Å². The van der Waals surface area contributed by atoms with Crippen LogP contribution in [0.5, 0.6) is 0 Å². The lowest BCUT2D eigenvalue weighted by Gasteiger charge is -2.59. The Balaban J connectivity index is 2.47. The summed E-state index contributed by atoms with van der Waals surface area (Å²) in [6.45, 7) is 113. The van der Waals surface area contributed by atoms with Gasteiger partial charge in [0.2, 0.25) is 0 Å². The first-order valence-electron chi connectivity index (χ1n) is 34.6. The highest BCUT2D eigenvalue weighted by Crippen LogP contribution is 2.51. The Bertz CT molecular complexity index is 2750. The van der Waals surface area contributed by atoms with Crippen molar-refractivity contribution in [3.8, 4) is 0 Å². The maximum absolute atomic E-state index is 9.81. The maximum atomic E-state index is 9.81. The Kier molecular flexibility index (Phi) is 22.3. The molecule has 4 aromatic carbocycles. The highest BCUT2D eigenvalue weighted by Gasteiger charge is 2.72. The minimum Gasteiger partial charge on any atom is -0.402 e. The van der Waals surface area contributed by atoms with E-state index in [1.54, 1.807) is 43.8 Å². The van der Waals surface area contributed by atoms with Crippen LogP contribution in [-0.2, 0) is 8.23 Å². The Morgan fingerprint density at radius 3 is 0.500 bits per heavy atom. The van der Waals surface area contributed by atoms with E-state index in [4.69, 9.17) is 0 Å².